The van der Waals surface area contributed by atoms with Crippen molar-refractivity contribution in [2.75, 3.05) is 84.4 Å². The van der Waals surface area contributed by atoms with E-state index in [1.807, 2.05) is 12.1 Å². The lowest BCUT2D eigenvalue weighted by molar-refractivity contribution is -0.117. The monoisotopic (exact) mass is 643 g/mol. The van der Waals surface area contributed by atoms with Crippen molar-refractivity contribution in [3.05, 3.63) is 47.1 Å². The van der Waals surface area contributed by atoms with Crippen molar-refractivity contribution < 1.29 is 19.0 Å². The zero-order chi connectivity index (χ0) is 31.2. The first-order valence-corrected chi connectivity index (χ1v) is 15.4. The number of pyridine rings is 2. The average Bonchev–Trinajstić information content (AvgIpc) is 3.03. The predicted molar refractivity (Wildman–Crippen MR) is 175 cm³/mol. The molecule has 2 aliphatic heterocycles. The van der Waals surface area contributed by atoms with Crippen LogP contribution in [0.4, 0.5) is 11.6 Å². The number of fused-ring (bicyclic) bond motifs is 1. The number of halogens is 2. The number of anilines is 2. The molecule has 0 saturated carbocycles. The van der Waals surface area contributed by atoms with E-state index in [9.17, 15) is 4.79 Å². The Labute approximate surface area is 267 Å². The molecule has 2 aliphatic rings. The molecule has 0 aliphatic carbocycles. The Morgan fingerprint density at radius 1 is 1.11 bits per heavy atom. The standard InChI is InChI=1S/C31H39Cl2N7O4/c1-5-27(41)37-21-6-13-44-18-23(21)36-26-15-20-19(17-35-26)14-22(28-29(32)24(42-3)16-25(43-4)30(28)33)38-31(20)34-7-8-40-11-9-39(2)10-12-40/h5,14-17,21,23H,1,6-13,18H2,2-4H3,(H,34,38)(H,35,36)(H,37,41)/t21-,23+/m0/s1. The minimum Gasteiger partial charge on any atom is -0.495 e. The van der Waals surface area contributed by atoms with Crippen molar-refractivity contribution in [1.82, 2.24) is 25.1 Å². The molecule has 3 aromatic rings. The zero-order valence-corrected chi connectivity index (χ0v) is 26.8. The highest BCUT2D eigenvalue weighted by molar-refractivity contribution is 6.41. The summed E-state index contributed by atoms with van der Waals surface area (Å²) in [5.41, 5.74) is 1.07. The normalized spacial score (nSPS) is 19.4. The first-order valence-electron chi connectivity index (χ1n) is 14.6. The largest absolute Gasteiger partial charge is 0.495 e. The molecule has 0 unspecified atom stereocenters. The quantitative estimate of drug-likeness (QED) is 0.263. The molecular formula is C31H39Cl2N7O4. The number of amides is 1. The maximum absolute atomic E-state index is 12.0. The number of nitrogens with one attached hydrogen (secondary N) is 3. The molecule has 3 N–H and O–H groups in total. The van der Waals surface area contributed by atoms with E-state index >= 15 is 0 Å². The van der Waals surface area contributed by atoms with Crippen LogP contribution in [0, 0.1) is 0 Å². The second kappa shape index (κ2) is 14.6. The third kappa shape index (κ3) is 7.30. The number of nitrogens with zero attached hydrogens (tertiary/aromatic N) is 4. The summed E-state index contributed by atoms with van der Waals surface area (Å²) in [7, 11) is 5.23. The van der Waals surface area contributed by atoms with Crippen LogP contribution in [0.15, 0.2) is 37.1 Å². The molecule has 4 heterocycles. The highest BCUT2D eigenvalue weighted by Gasteiger charge is 2.27. The number of rotatable bonds is 11. The number of likely N-dealkylation sites (N-methyl/N-ethyl adjacent to an activating group) is 1. The molecule has 0 bridgehead atoms. The van der Waals surface area contributed by atoms with Crippen LogP contribution in [0.3, 0.4) is 0 Å². The Kier molecular flexibility index (Phi) is 10.7. The molecule has 44 heavy (non-hydrogen) atoms. The molecule has 11 nitrogen and oxygen atoms in total. The summed E-state index contributed by atoms with van der Waals surface area (Å²) in [6.07, 6.45) is 3.75. The molecule has 0 spiro atoms. The number of hydrogen-bond acceptors (Lipinski definition) is 10. The Balaban J connectivity index is 1.50. The van der Waals surface area contributed by atoms with E-state index in [2.05, 4.69) is 39.4 Å². The fourth-order valence-corrected chi connectivity index (χ4v) is 6.18. The summed E-state index contributed by atoms with van der Waals surface area (Å²) in [5, 5.41) is 12.4. The van der Waals surface area contributed by atoms with Gasteiger partial charge in [0.25, 0.3) is 0 Å². The third-order valence-electron chi connectivity index (χ3n) is 8.06. The summed E-state index contributed by atoms with van der Waals surface area (Å²) in [6, 6.07) is 5.23. The lowest BCUT2D eigenvalue weighted by atomic mass is 10.0. The van der Waals surface area contributed by atoms with Crippen molar-refractivity contribution in [2.45, 2.75) is 18.5 Å². The van der Waals surface area contributed by atoms with Gasteiger partial charge in [0.1, 0.15) is 23.1 Å². The Morgan fingerprint density at radius 3 is 2.52 bits per heavy atom. The fourth-order valence-electron chi connectivity index (χ4n) is 5.49. The van der Waals surface area contributed by atoms with Gasteiger partial charge in [-0.15, -0.1) is 0 Å². The van der Waals surface area contributed by atoms with E-state index < -0.39 is 0 Å². The van der Waals surface area contributed by atoms with Crippen molar-refractivity contribution in [3.63, 3.8) is 0 Å². The minimum absolute atomic E-state index is 0.124. The average molecular weight is 645 g/mol. The highest BCUT2D eigenvalue weighted by atomic mass is 35.5. The van der Waals surface area contributed by atoms with E-state index in [1.165, 1.54) is 6.08 Å². The Hall–Kier alpha value is -3.35. The first kappa shape index (κ1) is 32.1. The maximum atomic E-state index is 12.0. The van der Waals surface area contributed by atoms with Crippen molar-refractivity contribution in [2.24, 2.45) is 0 Å². The number of ether oxygens (including phenoxy) is 3. The lowest BCUT2D eigenvalue weighted by Crippen LogP contribution is -2.52. The topological polar surface area (TPSA) is 113 Å². The van der Waals surface area contributed by atoms with E-state index in [1.54, 1.807) is 26.5 Å². The summed E-state index contributed by atoms with van der Waals surface area (Å²) in [4.78, 5) is 26.5. The first-order chi connectivity index (χ1) is 21.3. The number of benzene rings is 1. The number of carbonyl (C=O) groups excluding carboxylic acids is 1. The number of piperazine rings is 1. The molecule has 2 saturated heterocycles. The molecule has 5 rings (SSSR count). The molecule has 0 radical (unpaired) electrons. The van der Waals surface area contributed by atoms with Gasteiger partial charge in [-0.1, -0.05) is 29.8 Å². The summed E-state index contributed by atoms with van der Waals surface area (Å²) in [6.45, 7) is 10.3. The van der Waals surface area contributed by atoms with Crippen LogP contribution in [0.5, 0.6) is 11.5 Å². The van der Waals surface area contributed by atoms with Gasteiger partial charge in [0.15, 0.2) is 0 Å². The van der Waals surface area contributed by atoms with Gasteiger partial charge in [0, 0.05) is 74.5 Å². The molecule has 1 aromatic carbocycles. The second-order valence-electron chi connectivity index (χ2n) is 10.9. The van der Waals surface area contributed by atoms with Gasteiger partial charge < -0.3 is 35.1 Å². The van der Waals surface area contributed by atoms with Crippen LogP contribution in [-0.4, -0.2) is 112 Å². The number of methoxy groups -OCH3 is 2. The van der Waals surface area contributed by atoms with Crippen LogP contribution >= 0.6 is 23.2 Å². The van der Waals surface area contributed by atoms with Gasteiger partial charge in [-0.05, 0) is 31.7 Å². The summed E-state index contributed by atoms with van der Waals surface area (Å²) in [5.74, 6) is 1.95. The van der Waals surface area contributed by atoms with Crippen LogP contribution in [0.1, 0.15) is 6.42 Å². The van der Waals surface area contributed by atoms with Gasteiger partial charge >= 0.3 is 0 Å². The van der Waals surface area contributed by atoms with E-state index in [0.29, 0.717) is 70.6 Å². The van der Waals surface area contributed by atoms with E-state index in [0.717, 1.165) is 43.5 Å². The number of carbonyl (C=O) groups is 1. The van der Waals surface area contributed by atoms with Gasteiger partial charge in [0.05, 0.1) is 48.6 Å². The molecule has 2 atom stereocenters. The van der Waals surface area contributed by atoms with Gasteiger partial charge in [-0.25, -0.2) is 9.97 Å². The van der Waals surface area contributed by atoms with Gasteiger partial charge in [-0.2, -0.15) is 0 Å². The van der Waals surface area contributed by atoms with Crippen molar-refractivity contribution in [1.29, 1.82) is 0 Å². The smallest absolute Gasteiger partial charge is 0.243 e. The zero-order valence-electron chi connectivity index (χ0n) is 25.3. The molecule has 236 valence electrons. The maximum Gasteiger partial charge on any atom is 0.243 e. The van der Waals surface area contributed by atoms with E-state index in [-0.39, 0.29) is 18.0 Å². The van der Waals surface area contributed by atoms with Crippen LogP contribution in [0.2, 0.25) is 10.0 Å². The Morgan fingerprint density at radius 2 is 1.84 bits per heavy atom. The third-order valence-corrected chi connectivity index (χ3v) is 8.81. The van der Waals surface area contributed by atoms with Crippen LogP contribution in [-0.2, 0) is 9.53 Å². The molecule has 1 amide bonds. The second-order valence-corrected chi connectivity index (χ2v) is 11.7. The Bertz CT molecular complexity index is 1470. The molecular weight excluding hydrogens is 605 g/mol. The van der Waals surface area contributed by atoms with Crippen molar-refractivity contribution in [3.8, 4) is 22.8 Å². The SMILES string of the molecule is C=CC(=O)N[C@H]1CCOC[C@H]1Nc1cc2c(NCCN3CCN(C)CC3)nc(-c3c(Cl)c(OC)cc(OC)c3Cl)cc2cn1. The number of aromatic nitrogens is 2. The van der Waals surface area contributed by atoms with Crippen molar-refractivity contribution >= 4 is 51.5 Å². The van der Waals surface area contributed by atoms with Gasteiger partial charge in [-0.3, -0.25) is 9.69 Å². The van der Waals surface area contributed by atoms with Crippen LogP contribution in [0.25, 0.3) is 22.0 Å². The fraction of sp³-hybridized carbons (Fsp3) is 0.452. The molecule has 2 fully saturated rings. The van der Waals surface area contributed by atoms with Gasteiger partial charge in [0.2, 0.25) is 5.91 Å². The predicted octanol–water partition coefficient (Wildman–Crippen LogP) is 4.15. The van der Waals surface area contributed by atoms with Crippen LogP contribution < -0.4 is 25.4 Å². The highest BCUT2D eigenvalue weighted by Crippen LogP contribution is 2.46. The lowest BCUT2D eigenvalue weighted by Gasteiger charge is -2.33. The van der Waals surface area contributed by atoms with E-state index in [4.69, 9.17) is 47.4 Å². The number of hydrogen-bond donors (Lipinski definition) is 3. The summed E-state index contributed by atoms with van der Waals surface area (Å²) >= 11 is 13.6. The minimum atomic E-state index is -0.217. The molecule has 13 heteroatoms. The molecule has 2 aromatic heterocycles. The summed E-state index contributed by atoms with van der Waals surface area (Å²) < 4.78 is 16.7.